The number of hydrogen-bond donors (Lipinski definition) is 0. The number of likely N-dealkylation sites (tertiary alicyclic amines) is 1. The van der Waals surface area contributed by atoms with Crippen LogP contribution in [0.3, 0.4) is 0 Å². The lowest BCUT2D eigenvalue weighted by molar-refractivity contribution is 0.0699. The molecule has 1 amide bonds. The fraction of sp³-hybridized carbons (Fsp3) is 0.923. The van der Waals surface area contributed by atoms with Crippen LogP contribution in [-0.4, -0.2) is 55.2 Å². The van der Waals surface area contributed by atoms with E-state index in [-0.39, 0.29) is 12.2 Å². The van der Waals surface area contributed by atoms with Crippen molar-refractivity contribution in [1.29, 1.82) is 0 Å². The topological polar surface area (TPSA) is 32.8 Å². The molecule has 2 aliphatic rings. The van der Waals surface area contributed by atoms with Crippen LogP contribution in [0.2, 0.25) is 0 Å². The van der Waals surface area contributed by atoms with Gasteiger partial charge in [-0.2, -0.15) is 0 Å². The van der Waals surface area contributed by atoms with E-state index in [4.69, 9.17) is 4.74 Å². The molecule has 0 N–H and O–H groups in total. The molecule has 0 radical (unpaired) electrons. The number of rotatable bonds is 4. The minimum absolute atomic E-state index is 0.143. The highest BCUT2D eigenvalue weighted by Crippen LogP contribution is 2.21. The average Bonchev–Trinajstić information content (AvgIpc) is 2.98. The number of amides is 1. The predicted molar refractivity (Wildman–Crippen MR) is 67.0 cm³/mol. The molecule has 1 aliphatic carbocycles. The van der Waals surface area contributed by atoms with Gasteiger partial charge in [0, 0.05) is 20.1 Å². The summed E-state index contributed by atoms with van der Waals surface area (Å²) in [6, 6.07) is 0. The SMILES string of the molecule is CN(CCN1CCCC1)C(=O)OC1CCCC1. The van der Waals surface area contributed by atoms with Crippen molar-refractivity contribution in [2.24, 2.45) is 0 Å². The van der Waals surface area contributed by atoms with Crippen LogP contribution < -0.4 is 0 Å². The van der Waals surface area contributed by atoms with Crippen LogP contribution in [0.15, 0.2) is 0 Å². The summed E-state index contributed by atoms with van der Waals surface area (Å²) in [5.41, 5.74) is 0. The molecular formula is C13H24N2O2. The van der Waals surface area contributed by atoms with Gasteiger partial charge in [-0.15, -0.1) is 0 Å². The third kappa shape index (κ3) is 3.87. The van der Waals surface area contributed by atoms with Crippen LogP contribution in [-0.2, 0) is 4.74 Å². The Balaban J connectivity index is 1.63. The second-order valence-electron chi connectivity index (χ2n) is 5.26. The summed E-state index contributed by atoms with van der Waals surface area (Å²) in [5, 5.41) is 0. The smallest absolute Gasteiger partial charge is 0.409 e. The molecular weight excluding hydrogens is 216 g/mol. The summed E-state index contributed by atoms with van der Waals surface area (Å²) in [5.74, 6) is 0. The number of carbonyl (C=O) groups excluding carboxylic acids is 1. The number of likely N-dealkylation sites (N-methyl/N-ethyl adjacent to an activating group) is 1. The maximum Gasteiger partial charge on any atom is 0.409 e. The van der Waals surface area contributed by atoms with Crippen molar-refractivity contribution in [3.05, 3.63) is 0 Å². The normalized spacial score (nSPS) is 21.9. The van der Waals surface area contributed by atoms with Crippen molar-refractivity contribution in [3.63, 3.8) is 0 Å². The Kier molecular flexibility index (Phi) is 4.66. The van der Waals surface area contributed by atoms with Crippen molar-refractivity contribution in [3.8, 4) is 0 Å². The van der Waals surface area contributed by atoms with Gasteiger partial charge in [-0.25, -0.2) is 4.79 Å². The molecule has 1 saturated heterocycles. The summed E-state index contributed by atoms with van der Waals surface area (Å²) in [7, 11) is 1.84. The minimum atomic E-state index is -0.143. The second kappa shape index (κ2) is 6.24. The number of nitrogens with zero attached hydrogens (tertiary/aromatic N) is 2. The van der Waals surface area contributed by atoms with Crippen LogP contribution in [0.4, 0.5) is 4.79 Å². The molecule has 2 fully saturated rings. The highest BCUT2D eigenvalue weighted by atomic mass is 16.6. The third-order valence-corrected chi connectivity index (χ3v) is 3.83. The van der Waals surface area contributed by atoms with Gasteiger partial charge in [0.25, 0.3) is 0 Å². The molecule has 0 aromatic carbocycles. The largest absolute Gasteiger partial charge is 0.446 e. The van der Waals surface area contributed by atoms with E-state index < -0.39 is 0 Å². The number of carbonyl (C=O) groups is 1. The Hall–Kier alpha value is -0.770. The van der Waals surface area contributed by atoms with Gasteiger partial charge in [0.1, 0.15) is 6.10 Å². The van der Waals surface area contributed by atoms with Crippen molar-refractivity contribution in [2.75, 3.05) is 33.2 Å². The highest BCUT2D eigenvalue weighted by molar-refractivity contribution is 5.67. The standard InChI is InChI=1S/C13H24N2O2/c1-14(10-11-15-8-4-5-9-15)13(16)17-12-6-2-3-7-12/h12H,2-11H2,1H3. The Bertz CT molecular complexity index is 246. The Labute approximate surface area is 104 Å². The van der Waals surface area contributed by atoms with Crippen LogP contribution in [0.25, 0.3) is 0 Å². The summed E-state index contributed by atoms with van der Waals surface area (Å²) in [6.45, 7) is 4.14. The zero-order chi connectivity index (χ0) is 12.1. The first-order chi connectivity index (χ1) is 8.25. The van der Waals surface area contributed by atoms with E-state index >= 15 is 0 Å². The molecule has 17 heavy (non-hydrogen) atoms. The summed E-state index contributed by atoms with van der Waals surface area (Å²) >= 11 is 0. The highest BCUT2D eigenvalue weighted by Gasteiger charge is 2.21. The van der Waals surface area contributed by atoms with E-state index in [0.717, 1.165) is 25.9 Å². The Morgan fingerprint density at radius 2 is 1.88 bits per heavy atom. The Morgan fingerprint density at radius 3 is 2.53 bits per heavy atom. The zero-order valence-corrected chi connectivity index (χ0v) is 10.9. The van der Waals surface area contributed by atoms with Gasteiger partial charge in [0.05, 0.1) is 0 Å². The van der Waals surface area contributed by atoms with Gasteiger partial charge in [-0.3, -0.25) is 0 Å². The van der Waals surface area contributed by atoms with Gasteiger partial charge in [0.2, 0.25) is 0 Å². The molecule has 0 spiro atoms. The van der Waals surface area contributed by atoms with Crippen LogP contribution >= 0.6 is 0 Å². The lowest BCUT2D eigenvalue weighted by Gasteiger charge is -2.22. The molecule has 1 heterocycles. The van der Waals surface area contributed by atoms with Crippen molar-refractivity contribution >= 4 is 6.09 Å². The van der Waals surface area contributed by atoms with E-state index in [1.54, 1.807) is 4.90 Å². The molecule has 0 unspecified atom stereocenters. The maximum absolute atomic E-state index is 11.8. The van der Waals surface area contributed by atoms with Gasteiger partial charge in [0.15, 0.2) is 0 Å². The van der Waals surface area contributed by atoms with E-state index in [1.807, 2.05) is 7.05 Å². The van der Waals surface area contributed by atoms with E-state index in [1.165, 1.54) is 38.8 Å². The third-order valence-electron chi connectivity index (χ3n) is 3.83. The van der Waals surface area contributed by atoms with Crippen LogP contribution in [0.5, 0.6) is 0 Å². The van der Waals surface area contributed by atoms with E-state index in [2.05, 4.69) is 4.90 Å². The summed E-state index contributed by atoms with van der Waals surface area (Å²) < 4.78 is 5.46. The first kappa shape index (κ1) is 12.7. The molecule has 1 saturated carbocycles. The fourth-order valence-electron chi connectivity index (χ4n) is 2.63. The predicted octanol–water partition coefficient (Wildman–Crippen LogP) is 2.09. The molecule has 0 aromatic rings. The van der Waals surface area contributed by atoms with E-state index in [0.29, 0.717) is 0 Å². The molecule has 0 aromatic heterocycles. The second-order valence-corrected chi connectivity index (χ2v) is 5.26. The molecule has 4 heteroatoms. The zero-order valence-electron chi connectivity index (χ0n) is 10.9. The number of ether oxygens (including phenoxy) is 1. The summed E-state index contributed by atoms with van der Waals surface area (Å²) in [4.78, 5) is 15.9. The van der Waals surface area contributed by atoms with Crippen molar-refractivity contribution in [1.82, 2.24) is 9.80 Å². The molecule has 2 rings (SSSR count). The Morgan fingerprint density at radius 1 is 1.24 bits per heavy atom. The summed E-state index contributed by atoms with van der Waals surface area (Å²) in [6.07, 6.45) is 7.14. The van der Waals surface area contributed by atoms with Crippen molar-refractivity contribution < 1.29 is 9.53 Å². The lowest BCUT2D eigenvalue weighted by atomic mass is 10.3. The maximum atomic E-state index is 11.8. The van der Waals surface area contributed by atoms with Gasteiger partial charge < -0.3 is 14.5 Å². The lowest BCUT2D eigenvalue weighted by Crippen LogP contribution is -2.36. The molecule has 98 valence electrons. The quantitative estimate of drug-likeness (QED) is 0.754. The number of hydrogen-bond acceptors (Lipinski definition) is 3. The van der Waals surface area contributed by atoms with E-state index in [9.17, 15) is 4.79 Å². The van der Waals surface area contributed by atoms with Crippen molar-refractivity contribution in [2.45, 2.75) is 44.6 Å². The molecule has 4 nitrogen and oxygen atoms in total. The minimum Gasteiger partial charge on any atom is -0.446 e. The van der Waals surface area contributed by atoms with Gasteiger partial charge in [-0.1, -0.05) is 0 Å². The first-order valence-electron chi connectivity index (χ1n) is 6.90. The van der Waals surface area contributed by atoms with Crippen LogP contribution in [0.1, 0.15) is 38.5 Å². The monoisotopic (exact) mass is 240 g/mol. The molecule has 0 atom stereocenters. The van der Waals surface area contributed by atoms with Crippen LogP contribution in [0, 0.1) is 0 Å². The first-order valence-corrected chi connectivity index (χ1v) is 6.90. The van der Waals surface area contributed by atoms with Gasteiger partial charge >= 0.3 is 6.09 Å². The molecule has 0 bridgehead atoms. The average molecular weight is 240 g/mol. The fourth-order valence-corrected chi connectivity index (χ4v) is 2.63. The molecule has 1 aliphatic heterocycles. The van der Waals surface area contributed by atoms with Gasteiger partial charge in [-0.05, 0) is 51.6 Å².